The third kappa shape index (κ3) is 3.20. The molecule has 2 nitrogen and oxygen atoms in total. The largest absolute Gasteiger partial charge is 0.675 e. The van der Waals surface area contributed by atoms with Gasteiger partial charge in [-0.15, -0.1) is 6.54 Å². The number of hydrogen-bond acceptors (Lipinski definition) is 1. The average Bonchev–Trinajstić information content (AvgIpc) is 2.17. The Bertz CT molecular complexity index is 289. The number of rotatable bonds is 3. The molecule has 0 unspecified atom stereocenters. The van der Waals surface area contributed by atoms with Crippen molar-refractivity contribution in [3.63, 3.8) is 0 Å². The fraction of sp³-hybridized carbons (Fsp3) is 0.455. The van der Waals surface area contributed by atoms with Crippen LogP contribution in [0.1, 0.15) is 29.7 Å². The van der Waals surface area contributed by atoms with E-state index in [0.29, 0.717) is 0 Å². The zero-order chi connectivity index (χ0) is 9.84. The van der Waals surface area contributed by atoms with Gasteiger partial charge in [0.25, 0.3) is 0 Å². The summed E-state index contributed by atoms with van der Waals surface area (Å²) in [7, 11) is 0. The molecule has 0 aliphatic carbocycles. The number of hydrogen-bond donors (Lipinski definition) is 1. The molecule has 0 heterocycles. The first kappa shape index (κ1) is 13.8. The van der Waals surface area contributed by atoms with Crippen LogP contribution in [0.25, 0.3) is 5.73 Å². The van der Waals surface area contributed by atoms with Crippen molar-refractivity contribution in [2.75, 3.05) is 6.54 Å². The molecule has 0 amide bonds. The Hall–Kier alpha value is -0.172. The molecule has 0 fully saturated rings. The molecule has 1 aromatic rings. The van der Waals surface area contributed by atoms with Crippen LogP contribution < -0.4 is 0 Å². The van der Waals surface area contributed by atoms with Crippen LogP contribution >= 0.6 is 0 Å². The molecule has 0 bridgehead atoms. The number of nitrogens with one attached hydrogen (secondary N) is 1. The van der Waals surface area contributed by atoms with Gasteiger partial charge in [0.15, 0.2) is 0 Å². The van der Waals surface area contributed by atoms with Crippen LogP contribution in [0.3, 0.4) is 0 Å². The van der Waals surface area contributed by atoms with Crippen LogP contribution in [-0.2, 0) is 27.5 Å². The van der Waals surface area contributed by atoms with Gasteiger partial charge in [0.2, 0.25) is 0 Å². The maximum Gasteiger partial charge on any atom is 0.0601 e. The maximum absolute atomic E-state index is 9.45. The summed E-state index contributed by atoms with van der Waals surface area (Å²) in [5.74, 6) is 0. The molecule has 0 spiro atoms. The molecule has 0 saturated heterocycles. The van der Waals surface area contributed by atoms with Crippen LogP contribution in [0.5, 0.6) is 0 Å². The molecule has 14 heavy (non-hydrogen) atoms. The first-order valence-corrected chi connectivity index (χ1v) is 4.61. The molecule has 78 valence electrons. The van der Waals surface area contributed by atoms with Gasteiger partial charge in [-0.2, -0.15) is 0 Å². The van der Waals surface area contributed by atoms with E-state index in [2.05, 4.69) is 13.8 Å². The molecule has 3 heteroatoms. The summed E-state index contributed by atoms with van der Waals surface area (Å²) < 4.78 is 0. The minimum Gasteiger partial charge on any atom is -0.675 e. The predicted octanol–water partition coefficient (Wildman–Crippen LogP) is 2.64. The summed E-state index contributed by atoms with van der Waals surface area (Å²) in [4.78, 5) is 0. The molecule has 0 radical (unpaired) electrons. The Morgan fingerprint density at radius 1 is 1.43 bits per heavy atom. The zero-order valence-electron chi connectivity index (χ0n) is 8.58. The zero-order valence-corrected chi connectivity index (χ0v) is 11.5. The Morgan fingerprint density at radius 2 is 2.07 bits per heavy atom. The number of aryl methyl sites for hydroxylation is 2. The smallest absolute Gasteiger partial charge is 0.0601 e. The molecular formula is C11H16NOW-. The first-order valence-electron chi connectivity index (χ1n) is 4.61. The quantitative estimate of drug-likeness (QED) is 0.883. The van der Waals surface area contributed by atoms with Crippen LogP contribution in [0, 0.1) is 6.92 Å². The van der Waals surface area contributed by atoms with E-state index in [0.717, 1.165) is 12.0 Å². The fourth-order valence-electron chi connectivity index (χ4n) is 1.40. The predicted molar refractivity (Wildman–Crippen MR) is 54.7 cm³/mol. The minimum atomic E-state index is -0.633. The molecule has 0 aliphatic rings. The Kier molecular flexibility index (Phi) is 6.26. The van der Waals surface area contributed by atoms with Gasteiger partial charge >= 0.3 is 0 Å². The Morgan fingerprint density at radius 3 is 2.57 bits per heavy atom. The average molecular weight is 362 g/mol. The maximum atomic E-state index is 9.45. The van der Waals surface area contributed by atoms with E-state index in [4.69, 9.17) is 5.73 Å². The molecule has 0 aliphatic heterocycles. The van der Waals surface area contributed by atoms with Crippen molar-refractivity contribution in [2.24, 2.45) is 0 Å². The van der Waals surface area contributed by atoms with Crippen molar-refractivity contribution in [1.82, 2.24) is 0 Å². The summed E-state index contributed by atoms with van der Waals surface area (Å²) >= 11 is 0. The fourth-order valence-corrected chi connectivity index (χ4v) is 1.40. The number of benzene rings is 1. The Balaban J connectivity index is 0.00000169. The van der Waals surface area contributed by atoms with Crippen LogP contribution in [0.4, 0.5) is 0 Å². The second kappa shape index (κ2) is 6.34. The van der Waals surface area contributed by atoms with Crippen molar-refractivity contribution in [1.29, 1.82) is 0 Å². The van der Waals surface area contributed by atoms with Gasteiger partial charge in [-0.05, 0) is 30.0 Å². The summed E-state index contributed by atoms with van der Waals surface area (Å²) in [6, 6.07) is 5.90. The van der Waals surface area contributed by atoms with E-state index in [1.165, 1.54) is 11.1 Å². The molecule has 0 saturated carbocycles. The van der Waals surface area contributed by atoms with Crippen molar-refractivity contribution in [3.8, 4) is 0 Å². The van der Waals surface area contributed by atoms with Crippen LogP contribution in [-0.4, -0.2) is 11.7 Å². The first-order chi connectivity index (χ1) is 6.19. The van der Waals surface area contributed by atoms with Gasteiger partial charge < -0.3 is 10.8 Å². The molecule has 1 rings (SSSR count). The van der Waals surface area contributed by atoms with Crippen molar-refractivity contribution >= 4 is 0 Å². The molecule has 1 atom stereocenters. The van der Waals surface area contributed by atoms with Gasteiger partial charge in [-0.1, -0.05) is 25.1 Å². The van der Waals surface area contributed by atoms with Gasteiger partial charge in [0.05, 0.1) is 6.10 Å². The summed E-state index contributed by atoms with van der Waals surface area (Å²) in [5.41, 5.74) is 10.4. The molecule has 1 aromatic carbocycles. The standard InChI is InChI=1S/C11H16NO.W/c1-3-9-6-10(11(13)7-12)5-4-8(9)2;/h4-6,11-13H,3,7H2,1-2H3;/q-1;/t11-;/m0./s1. The minimum absolute atomic E-state index is 0. The van der Waals surface area contributed by atoms with E-state index >= 15 is 0 Å². The third-order valence-electron chi connectivity index (χ3n) is 2.33. The van der Waals surface area contributed by atoms with Crippen LogP contribution in [0.2, 0.25) is 0 Å². The number of aliphatic hydroxyl groups is 1. The summed E-state index contributed by atoms with van der Waals surface area (Å²) in [6.07, 6.45) is 0.343. The molecular weight excluding hydrogens is 346 g/mol. The summed E-state index contributed by atoms with van der Waals surface area (Å²) in [5, 5.41) is 9.45. The van der Waals surface area contributed by atoms with Crippen molar-refractivity contribution < 1.29 is 26.2 Å². The van der Waals surface area contributed by atoms with Gasteiger partial charge in [0, 0.05) is 21.1 Å². The monoisotopic (exact) mass is 362 g/mol. The van der Waals surface area contributed by atoms with E-state index in [1.807, 2.05) is 18.2 Å². The molecule has 0 aromatic heterocycles. The van der Waals surface area contributed by atoms with Crippen LogP contribution in [0.15, 0.2) is 18.2 Å². The second-order valence-electron chi connectivity index (χ2n) is 3.26. The normalized spacial score (nSPS) is 12.0. The van der Waals surface area contributed by atoms with Gasteiger partial charge in [0.1, 0.15) is 0 Å². The van der Waals surface area contributed by atoms with Crippen molar-refractivity contribution in [2.45, 2.75) is 26.4 Å². The summed E-state index contributed by atoms with van der Waals surface area (Å²) in [6.45, 7) is 4.20. The number of aliphatic hydroxyl groups excluding tert-OH is 1. The van der Waals surface area contributed by atoms with E-state index < -0.39 is 6.10 Å². The topological polar surface area (TPSA) is 44.0 Å². The molecule has 2 N–H and O–H groups in total. The van der Waals surface area contributed by atoms with E-state index in [-0.39, 0.29) is 27.6 Å². The van der Waals surface area contributed by atoms with Gasteiger partial charge in [-0.3, -0.25) is 0 Å². The van der Waals surface area contributed by atoms with Gasteiger partial charge in [-0.25, -0.2) is 0 Å². The van der Waals surface area contributed by atoms with E-state index in [9.17, 15) is 5.11 Å². The van der Waals surface area contributed by atoms with E-state index in [1.54, 1.807) is 0 Å². The third-order valence-corrected chi connectivity index (χ3v) is 2.33. The Labute approximate surface area is 99.8 Å². The second-order valence-corrected chi connectivity index (χ2v) is 3.26. The van der Waals surface area contributed by atoms with Crippen molar-refractivity contribution in [3.05, 3.63) is 40.6 Å². The SMILES string of the molecule is CCc1cc([C@@H](O)C[NH-])ccc1C.[W].